The Balaban J connectivity index is 2.07. The van der Waals surface area contributed by atoms with Gasteiger partial charge in [-0.2, -0.15) is 0 Å². The Morgan fingerprint density at radius 1 is 1.44 bits per heavy atom. The van der Waals surface area contributed by atoms with Gasteiger partial charge in [0.25, 0.3) is 0 Å². The molecule has 2 atom stereocenters. The molecule has 0 amide bonds. The second-order valence-electron chi connectivity index (χ2n) is 4.38. The zero-order valence-electron chi connectivity index (χ0n) is 9.38. The molecule has 1 fully saturated rings. The summed E-state index contributed by atoms with van der Waals surface area (Å²) in [6, 6.07) is 5.26. The predicted octanol–water partition coefficient (Wildman–Crippen LogP) is 3.94. The predicted molar refractivity (Wildman–Crippen MR) is 66.7 cm³/mol. The zero-order valence-corrected chi connectivity index (χ0v) is 11.0. The largest absolute Gasteiger partial charge is 0.494 e. The number of rotatable bonds is 3. The van der Waals surface area contributed by atoms with E-state index in [9.17, 15) is 4.39 Å². The van der Waals surface area contributed by atoms with Crippen LogP contribution in [0.5, 0.6) is 5.75 Å². The molecule has 0 aliphatic heterocycles. The summed E-state index contributed by atoms with van der Waals surface area (Å²) >= 11 is 3.69. The van der Waals surface area contributed by atoms with Crippen molar-refractivity contribution in [2.45, 2.75) is 30.5 Å². The number of methoxy groups -OCH3 is 1. The van der Waals surface area contributed by atoms with Crippen molar-refractivity contribution in [3.8, 4) is 5.75 Å². The molecule has 0 bridgehead atoms. The van der Waals surface area contributed by atoms with E-state index in [1.165, 1.54) is 26.4 Å². The summed E-state index contributed by atoms with van der Waals surface area (Å²) in [5, 5.41) is 0. The van der Waals surface area contributed by atoms with E-state index in [-0.39, 0.29) is 5.82 Å². The molecule has 3 heteroatoms. The summed E-state index contributed by atoms with van der Waals surface area (Å²) in [7, 11) is 1.49. The van der Waals surface area contributed by atoms with Crippen LogP contribution in [0.4, 0.5) is 4.39 Å². The fourth-order valence-electron chi connectivity index (χ4n) is 2.36. The molecular weight excluding hydrogens is 271 g/mol. The maximum atomic E-state index is 13.5. The van der Waals surface area contributed by atoms with Crippen molar-refractivity contribution >= 4 is 15.9 Å². The van der Waals surface area contributed by atoms with Crippen molar-refractivity contribution in [3.63, 3.8) is 0 Å². The third-order valence-corrected chi connectivity index (χ3v) is 4.49. The summed E-state index contributed by atoms with van der Waals surface area (Å²) in [6.45, 7) is 0. The van der Waals surface area contributed by atoms with Crippen molar-refractivity contribution in [1.29, 1.82) is 0 Å². The van der Waals surface area contributed by atoms with Crippen LogP contribution in [0, 0.1) is 11.7 Å². The highest BCUT2D eigenvalue weighted by Gasteiger charge is 2.25. The van der Waals surface area contributed by atoms with Crippen molar-refractivity contribution in [1.82, 2.24) is 0 Å². The molecule has 88 valence electrons. The maximum Gasteiger partial charge on any atom is 0.165 e. The van der Waals surface area contributed by atoms with Gasteiger partial charge in [0, 0.05) is 4.83 Å². The van der Waals surface area contributed by atoms with Crippen molar-refractivity contribution in [3.05, 3.63) is 29.6 Å². The molecule has 1 nitrogen and oxygen atoms in total. The number of halogens is 2. The Hall–Kier alpha value is -0.570. The molecule has 0 radical (unpaired) electrons. The lowest BCUT2D eigenvalue weighted by atomic mass is 9.98. The lowest BCUT2D eigenvalue weighted by Crippen LogP contribution is -2.09. The van der Waals surface area contributed by atoms with Crippen LogP contribution in [0.25, 0.3) is 0 Å². The molecule has 1 aliphatic carbocycles. The minimum absolute atomic E-state index is 0.260. The van der Waals surface area contributed by atoms with Gasteiger partial charge in [-0.1, -0.05) is 28.4 Å². The van der Waals surface area contributed by atoms with E-state index in [0.717, 1.165) is 12.0 Å². The smallest absolute Gasteiger partial charge is 0.165 e. The average molecular weight is 287 g/mol. The van der Waals surface area contributed by atoms with Crippen LogP contribution in [-0.4, -0.2) is 11.9 Å². The highest BCUT2D eigenvalue weighted by Crippen LogP contribution is 2.34. The number of ether oxygens (including phenoxy) is 1. The van der Waals surface area contributed by atoms with Gasteiger partial charge in [-0.15, -0.1) is 0 Å². The molecule has 0 N–H and O–H groups in total. The van der Waals surface area contributed by atoms with Gasteiger partial charge >= 0.3 is 0 Å². The van der Waals surface area contributed by atoms with Crippen LogP contribution in [0.2, 0.25) is 0 Å². The Morgan fingerprint density at radius 3 is 2.81 bits per heavy atom. The fraction of sp³-hybridized carbons (Fsp3) is 0.538. The van der Waals surface area contributed by atoms with Gasteiger partial charge < -0.3 is 4.74 Å². The third kappa shape index (κ3) is 2.57. The average Bonchev–Trinajstić information content (AvgIpc) is 2.65. The van der Waals surface area contributed by atoms with E-state index >= 15 is 0 Å². The molecule has 1 saturated carbocycles. The van der Waals surface area contributed by atoms with Crippen LogP contribution < -0.4 is 4.74 Å². The highest BCUT2D eigenvalue weighted by molar-refractivity contribution is 9.09. The Morgan fingerprint density at radius 2 is 2.25 bits per heavy atom. The molecule has 16 heavy (non-hydrogen) atoms. The van der Waals surface area contributed by atoms with Gasteiger partial charge in [0.05, 0.1) is 7.11 Å². The minimum Gasteiger partial charge on any atom is -0.494 e. The molecule has 0 aromatic heterocycles. The Kier molecular flexibility index (Phi) is 3.85. The van der Waals surface area contributed by atoms with E-state index in [2.05, 4.69) is 15.9 Å². The van der Waals surface area contributed by atoms with Gasteiger partial charge in [-0.3, -0.25) is 0 Å². The van der Waals surface area contributed by atoms with E-state index in [1.807, 2.05) is 6.07 Å². The van der Waals surface area contributed by atoms with Gasteiger partial charge in [0.2, 0.25) is 0 Å². The summed E-state index contributed by atoms with van der Waals surface area (Å²) in [6.07, 6.45) is 4.71. The molecule has 1 aliphatic rings. The molecule has 1 aromatic carbocycles. The summed E-state index contributed by atoms with van der Waals surface area (Å²) in [4.78, 5) is 0.595. The number of benzene rings is 1. The number of hydrogen-bond donors (Lipinski definition) is 0. The van der Waals surface area contributed by atoms with E-state index in [4.69, 9.17) is 4.74 Å². The monoisotopic (exact) mass is 286 g/mol. The Labute approximate surface area is 104 Å². The maximum absolute atomic E-state index is 13.5. The van der Waals surface area contributed by atoms with Gasteiger partial charge in [0.15, 0.2) is 11.6 Å². The molecule has 2 unspecified atom stereocenters. The standard InChI is InChI=1S/C13H16BrFO/c1-16-13-6-5-9(8-12(13)15)7-10-3-2-4-11(10)14/h5-6,8,10-11H,2-4,7H2,1H3. The first-order chi connectivity index (χ1) is 7.70. The first-order valence-electron chi connectivity index (χ1n) is 5.67. The normalized spacial score (nSPS) is 24.7. The van der Waals surface area contributed by atoms with Crippen LogP contribution in [0.15, 0.2) is 18.2 Å². The summed E-state index contributed by atoms with van der Waals surface area (Å²) < 4.78 is 18.4. The number of hydrogen-bond acceptors (Lipinski definition) is 1. The van der Waals surface area contributed by atoms with Crippen molar-refractivity contribution in [2.75, 3.05) is 7.11 Å². The summed E-state index contributed by atoms with van der Waals surface area (Å²) in [5.41, 5.74) is 1.06. The van der Waals surface area contributed by atoms with Gasteiger partial charge in [0.1, 0.15) is 0 Å². The highest BCUT2D eigenvalue weighted by atomic mass is 79.9. The molecule has 2 rings (SSSR count). The third-order valence-electron chi connectivity index (χ3n) is 3.28. The molecular formula is C13H16BrFO. The second-order valence-corrected chi connectivity index (χ2v) is 5.56. The molecule has 1 aromatic rings. The first kappa shape index (κ1) is 11.9. The van der Waals surface area contributed by atoms with Crippen molar-refractivity contribution in [2.24, 2.45) is 5.92 Å². The van der Waals surface area contributed by atoms with Gasteiger partial charge in [-0.05, 0) is 42.9 Å². The minimum atomic E-state index is -0.260. The van der Waals surface area contributed by atoms with Gasteiger partial charge in [-0.25, -0.2) is 4.39 Å². The number of alkyl halides is 1. The fourth-order valence-corrected chi connectivity index (χ4v) is 3.14. The quantitative estimate of drug-likeness (QED) is 0.765. The van der Waals surface area contributed by atoms with Crippen LogP contribution >= 0.6 is 15.9 Å². The van der Waals surface area contributed by atoms with Crippen molar-refractivity contribution < 1.29 is 9.13 Å². The lowest BCUT2D eigenvalue weighted by Gasteiger charge is -2.14. The van der Waals surface area contributed by atoms with Crippen LogP contribution in [0.1, 0.15) is 24.8 Å². The van der Waals surface area contributed by atoms with Crippen LogP contribution in [0.3, 0.4) is 0 Å². The SMILES string of the molecule is COc1ccc(CC2CCCC2Br)cc1F. The molecule has 0 heterocycles. The van der Waals surface area contributed by atoms with E-state index in [0.29, 0.717) is 16.5 Å². The molecule has 0 saturated heterocycles. The van der Waals surface area contributed by atoms with Crippen LogP contribution in [-0.2, 0) is 6.42 Å². The second kappa shape index (κ2) is 5.17. The first-order valence-corrected chi connectivity index (χ1v) is 6.58. The van der Waals surface area contributed by atoms with E-state index in [1.54, 1.807) is 12.1 Å². The zero-order chi connectivity index (χ0) is 11.5. The molecule has 0 spiro atoms. The summed E-state index contributed by atoms with van der Waals surface area (Å²) in [5.74, 6) is 0.711. The lowest BCUT2D eigenvalue weighted by molar-refractivity contribution is 0.386. The topological polar surface area (TPSA) is 9.23 Å². The van der Waals surface area contributed by atoms with E-state index < -0.39 is 0 Å². The Bertz CT molecular complexity index is 367.